The standard InChI is InChI=1S/C11H14BrN3O3/c1-6-10(12)8(14(2)13-6)5-15-7(11(17)18)3-4-9(15)16/h7H,3-5H2,1-2H3,(H,17,18). The summed E-state index contributed by atoms with van der Waals surface area (Å²) in [4.78, 5) is 24.2. The molecule has 0 spiro atoms. The Morgan fingerprint density at radius 3 is 2.78 bits per heavy atom. The molecule has 1 atom stereocenters. The third-order valence-corrected chi connectivity index (χ3v) is 4.23. The molecule has 0 saturated carbocycles. The maximum absolute atomic E-state index is 11.7. The molecule has 0 radical (unpaired) electrons. The lowest BCUT2D eigenvalue weighted by atomic mass is 10.2. The van der Waals surface area contributed by atoms with E-state index in [0.717, 1.165) is 15.9 Å². The van der Waals surface area contributed by atoms with E-state index >= 15 is 0 Å². The molecule has 1 amide bonds. The Hall–Kier alpha value is -1.37. The van der Waals surface area contributed by atoms with Crippen molar-refractivity contribution in [3.8, 4) is 0 Å². The fourth-order valence-corrected chi connectivity index (χ4v) is 2.66. The predicted molar refractivity (Wildman–Crippen MR) is 66.9 cm³/mol. The number of rotatable bonds is 3. The summed E-state index contributed by atoms with van der Waals surface area (Å²) in [6.45, 7) is 2.13. The summed E-state index contributed by atoms with van der Waals surface area (Å²) in [7, 11) is 1.78. The number of likely N-dealkylation sites (tertiary alicyclic amines) is 1. The maximum atomic E-state index is 11.7. The van der Waals surface area contributed by atoms with Crippen LogP contribution in [0, 0.1) is 6.92 Å². The SMILES string of the molecule is Cc1nn(C)c(CN2C(=O)CCC2C(=O)O)c1Br. The molecule has 1 fully saturated rings. The highest BCUT2D eigenvalue weighted by Gasteiger charge is 2.36. The molecule has 1 unspecified atom stereocenters. The van der Waals surface area contributed by atoms with Crippen LogP contribution in [0.3, 0.4) is 0 Å². The zero-order chi connectivity index (χ0) is 13.4. The van der Waals surface area contributed by atoms with E-state index < -0.39 is 12.0 Å². The van der Waals surface area contributed by atoms with Crippen LogP contribution in [0.4, 0.5) is 0 Å². The van der Waals surface area contributed by atoms with E-state index in [9.17, 15) is 9.59 Å². The van der Waals surface area contributed by atoms with E-state index in [1.807, 2.05) is 6.92 Å². The van der Waals surface area contributed by atoms with Crippen LogP contribution < -0.4 is 0 Å². The summed E-state index contributed by atoms with van der Waals surface area (Å²) in [6.07, 6.45) is 0.675. The van der Waals surface area contributed by atoms with Crippen molar-refractivity contribution in [1.82, 2.24) is 14.7 Å². The average Bonchev–Trinajstić information content (AvgIpc) is 2.76. The molecule has 1 aliphatic rings. The molecule has 0 aromatic carbocycles. The van der Waals surface area contributed by atoms with Crippen molar-refractivity contribution in [3.05, 3.63) is 15.9 Å². The van der Waals surface area contributed by atoms with Gasteiger partial charge in [0.25, 0.3) is 0 Å². The highest BCUT2D eigenvalue weighted by atomic mass is 79.9. The topological polar surface area (TPSA) is 75.4 Å². The van der Waals surface area contributed by atoms with E-state index in [1.165, 1.54) is 4.90 Å². The molecule has 1 N–H and O–H groups in total. The summed E-state index contributed by atoms with van der Waals surface area (Å²) < 4.78 is 2.50. The minimum absolute atomic E-state index is 0.117. The number of amides is 1. The van der Waals surface area contributed by atoms with Crippen LogP contribution in [0.1, 0.15) is 24.2 Å². The first-order chi connectivity index (χ1) is 8.41. The molecule has 1 aliphatic heterocycles. The number of nitrogens with zero attached hydrogens (tertiary/aromatic N) is 3. The number of carboxylic acids is 1. The van der Waals surface area contributed by atoms with Crippen molar-refractivity contribution < 1.29 is 14.7 Å². The van der Waals surface area contributed by atoms with Crippen LogP contribution >= 0.6 is 15.9 Å². The number of carbonyl (C=O) groups excluding carboxylic acids is 1. The van der Waals surface area contributed by atoms with Crippen LogP contribution in [0.25, 0.3) is 0 Å². The van der Waals surface area contributed by atoms with Gasteiger partial charge in [0.2, 0.25) is 5.91 Å². The summed E-state index contributed by atoms with van der Waals surface area (Å²) in [5.74, 6) is -1.07. The minimum atomic E-state index is -0.948. The number of hydrogen-bond acceptors (Lipinski definition) is 3. The molecule has 1 saturated heterocycles. The number of halogens is 1. The van der Waals surface area contributed by atoms with Crippen molar-refractivity contribution in [2.24, 2.45) is 7.05 Å². The quantitative estimate of drug-likeness (QED) is 0.905. The molecule has 7 heteroatoms. The first kappa shape index (κ1) is 13.1. The molecule has 1 aromatic rings. The van der Waals surface area contributed by atoms with Gasteiger partial charge in [0.05, 0.1) is 22.4 Å². The third-order valence-electron chi connectivity index (χ3n) is 3.20. The van der Waals surface area contributed by atoms with Crippen LogP contribution in [0.2, 0.25) is 0 Å². The van der Waals surface area contributed by atoms with Gasteiger partial charge in [0, 0.05) is 13.5 Å². The van der Waals surface area contributed by atoms with E-state index in [0.29, 0.717) is 12.8 Å². The summed E-state index contributed by atoms with van der Waals surface area (Å²) in [6, 6.07) is -0.723. The Balaban J connectivity index is 2.27. The second kappa shape index (κ2) is 4.72. The summed E-state index contributed by atoms with van der Waals surface area (Å²) >= 11 is 3.42. The van der Waals surface area contributed by atoms with E-state index in [1.54, 1.807) is 11.7 Å². The highest BCUT2D eigenvalue weighted by molar-refractivity contribution is 9.10. The van der Waals surface area contributed by atoms with Gasteiger partial charge in [-0.05, 0) is 29.3 Å². The molecule has 0 bridgehead atoms. The lowest BCUT2D eigenvalue weighted by molar-refractivity contribution is -0.146. The Morgan fingerprint density at radius 2 is 2.28 bits per heavy atom. The summed E-state index contributed by atoms with van der Waals surface area (Å²) in [5.41, 5.74) is 1.64. The highest BCUT2D eigenvalue weighted by Crippen LogP contribution is 2.26. The van der Waals surface area contributed by atoms with Gasteiger partial charge in [-0.1, -0.05) is 0 Å². The largest absolute Gasteiger partial charge is 0.480 e. The first-order valence-corrected chi connectivity index (χ1v) is 6.41. The molecule has 0 aliphatic carbocycles. The van der Waals surface area contributed by atoms with Crippen LogP contribution in [-0.2, 0) is 23.2 Å². The Kier molecular flexibility index (Phi) is 3.43. The molecule has 18 heavy (non-hydrogen) atoms. The Labute approximate surface area is 113 Å². The van der Waals surface area contributed by atoms with Gasteiger partial charge in [-0.25, -0.2) is 4.79 Å². The number of aromatic nitrogens is 2. The predicted octanol–water partition coefficient (Wildman–Crippen LogP) is 1.07. The van der Waals surface area contributed by atoms with Gasteiger partial charge in [-0.2, -0.15) is 5.10 Å². The zero-order valence-corrected chi connectivity index (χ0v) is 11.8. The van der Waals surface area contributed by atoms with E-state index in [4.69, 9.17) is 5.11 Å². The minimum Gasteiger partial charge on any atom is -0.480 e. The zero-order valence-electron chi connectivity index (χ0n) is 10.2. The van der Waals surface area contributed by atoms with Crippen molar-refractivity contribution in [3.63, 3.8) is 0 Å². The van der Waals surface area contributed by atoms with Crippen molar-refractivity contribution in [2.75, 3.05) is 0 Å². The van der Waals surface area contributed by atoms with Gasteiger partial charge in [-0.15, -0.1) is 0 Å². The van der Waals surface area contributed by atoms with Crippen molar-refractivity contribution in [2.45, 2.75) is 32.4 Å². The monoisotopic (exact) mass is 315 g/mol. The number of carbonyl (C=O) groups is 2. The summed E-state index contributed by atoms with van der Waals surface area (Å²) in [5, 5.41) is 13.3. The lowest BCUT2D eigenvalue weighted by Crippen LogP contribution is -2.38. The van der Waals surface area contributed by atoms with E-state index in [2.05, 4.69) is 21.0 Å². The third kappa shape index (κ3) is 2.14. The van der Waals surface area contributed by atoms with Gasteiger partial charge >= 0.3 is 5.97 Å². The average molecular weight is 316 g/mol. The molecule has 6 nitrogen and oxygen atoms in total. The molecule has 2 rings (SSSR count). The van der Waals surface area contributed by atoms with Gasteiger partial charge in [0.1, 0.15) is 6.04 Å². The number of hydrogen-bond donors (Lipinski definition) is 1. The first-order valence-electron chi connectivity index (χ1n) is 5.62. The fourth-order valence-electron chi connectivity index (χ4n) is 2.20. The van der Waals surface area contributed by atoms with Gasteiger partial charge in [-0.3, -0.25) is 9.48 Å². The second-order valence-electron chi connectivity index (χ2n) is 4.38. The maximum Gasteiger partial charge on any atom is 0.326 e. The molecule has 1 aromatic heterocycles. The van der Waals surface area contributed by atoms with Gasteiger partial charge in [0.15, 0.2) is 0 Å². The lowest BCUT2D eigenvalue weighted by Gasteiger charge is -2.21. The number of aryl methyl sites for hydroxylation is 2. The Bertz CT molecular complexity index is 512. The fraction of sp³-hybridized carbons (Fsp3) is 0.545. The van der Waals surface area contributed by atoms with Crippen LogP contribution in [0.15, 0.2) is 4.47 Å². The molecular weight excluding hydrogens is 302 g/mol. The van der Waals surface area contributed by atoms with Crippen molar-refractivity contribution in [1.29, 1.82) is 0 Å². The number of aliphatic carboxylic acids is 1. The normalized spacial score (nSPS) is 19.6. The smallest absolute Gasteiger partial charge is 0.326 e. The van der Waals surface area contributed by atoms with Gasteiger partial charge < -0.3 is 10.0 Å². The van der Waals surface area contributed by atoms with E-state index in [-0.39, 0.29) is 12.5 Å². The van der Waals surface area contributed by atoms with Crippen LogP contribution in [0.5, 0.6) is 0 Å². The molecule has 98 valence electrons. The number of carboxylic acid groups (broad SMARTS) is 1. The second-order valence-corrected chi connectivity index (χ2v) is 5.18. The Morgan fingerprint density at radius 1 is 1.61 bits per heavy atom. The molecule has 2 heterocycles. The molecular formula is C11H14BrN3O3. The van der Waals surface area contributed by atoms with Crippen molar-refractivity contribution >= 4 is 27.8 Å². The van der Waals surface area contributed by atoms with Crippen LogP contribution in [-0.4, -0.2) is 37.7 Å².